The molecule has 1 nitrogen and oxygen atoms in total. The second-order valence-corrected chi connectivity index (χ2v) is 6.12. The summed E-state index contributed by atoms with van der Waals surface area (Å²) >= 11 is 1.68. The summed E-state index contributed by atoms with van der Waals surface area (Å²) in [5.74, 6) is 0. The van der Waals surface area contributed by atoms with Crippen LogP contribution >= 0.6 is 11.3 Å². The van der Waals surface area contributed by atoms with E-state index in [2.05, 4.69) is 19.9 Å². The van der Waals surface area contributed by atoms with Gasteiger partial charge in [-0.1, -0.05) is 19.9 Å². The summed E-state index contributed by atoms with van der Waals surface area (Å²) in [7, 11) is 0. The van der Waals surface area contributed by atoms with Crippen LogP contribution in [-0.4, -0.2) is 5.11 Å². The number of aliphatic hydroxyl groups is 1. The third kappa shape index (κ3) is 1.86. The van der Waals surface area contributed by atoms with Crippen LogP contribution in [0.25, 0.3) is 0 Å². The Hall–Kier alpha value is -0.340. The fourth-order valence-electron chi connectivity index (χ4n) is 2.13. The Balaban J connectivity index is 2.13. The molecule has 0 spiro atoms. The predicted molar refractivity (Wildman–Crippen MR) is 60.5 cm³/mol. The van der Waals surface area contributed by atoms with Gasteiger partial charge in [-0.15, -0.1) is 11.3 Å². The first-order valence-corrected chi connectivity index (χ1v) is 6.16. The van der Waals surface area contributed by atoms with Gasteiger partial charge in [0, 0.05) is 4.88 Å². The van der Waals surface area contributed by atoms with Crippen LogP contribution in [0.5, 0.6) is 0 Å². The molecule has 0 aliphatic heterocycles. The Bertz CT molecular complexity index is 290. The van der Waals surface area contributed by atoms with Crippen molar-refractivity contribution in [2.75, 3.05) is 0 Å². The van der Waals surface area contributed by atoms with Gasteiger partial charge in [0.2, 0.25) is 0 Å². The largest absolute Gasteiger partial charge is 0.384 e. The molecule has 1 aliphatic rings. The Labute approximate surface area is 89.8 Å². The molecule has 0 atom stereocenters. The summed E-state index contributed by atoms with van der Waals surface area (Å²) in [6.07, 6.45) is 4.09. The maximum atomic E-state index is 10.5. The zero-order valence-electron chi connectivity index (χ0n) is 8.92. The van der Waals surface area contributed by atoms with E-state index in [1.807, 2.05) is 11.4 Å². The quantitative estimate of drug-likeness (QED) is 0.751. The molecule has 0 bridgehead atoms. The van der Waals surface area contributed by atoms with E-state index in [9.17, 15) is 5.11 Å². The van der Waals surface area contributed by atoms with Gasteiger partial charge in [-0.25, -0.2) is 0 Å². The first-order valence-electron chi connectivity index (χ1n) is 5.28. The van der Waals surface area contributed by atoms with E-state index < -0.39 is 5.60 Å². The maximum Gasteiger partial charge on any atom is 0.0988 e. The summed E-state index contributed by atoms with van der Waals surface area (Å²) in [4.78, 5) is 1.15. The maximum absolute atomic E-state index is 10.5. The zero-order chi connectivity index (χ0) is 10.2. The van der Waals surface area contributed by atoms with Crippen molar-refractivity contribution < 1.29 is 5.11 Å². The topological polar surface area (TPSA) is 20.2 Å². The van der Waals surface area contributed by atoms with Gasteiger partial charge >= 0.3 is 0 Å². The van der Waals surface area contributed by atoms with Gasteiger partial charge in [0.25, 0.3) is 0 Å². The van der Waals surface area contributed by atoms with E-state index in [1.54, 1.807) is 11.3 Å². The molecule has 0 radical (unpaired) electrons. The highest BCUT2D eigenvalue weighted by molar-refractivity contribution is 7.10. The highest BCUT2D eigenvalue weighted by atomic mass is 32.1. The third-order valence-corrected chi connectivity index (χ3v) is 4.47. The molecule has 78 valence electrons. The SMILES string of the molecule is CC1(C)CCC(O)(c2cccs2)CC1. The molecule has 1 heterocycles. The fourth-order valence-corrected chi connectivity index (χ4v) is 3.01. The van der Waals surface area contributed by atoms with Crippen molar-refractivity contribution in [3.05, 3.63) is 22.4 Å². The molecule has 1 N–H and O–H groups in total. The van der Waals surface area contributed by atoms with Crippen molar-refractivity contribution in [2.45, 2.75) is 45.1 Å². The Morgan fingerprint density at radius 2 is 1.86 bits per heavy atom. The summed E-state index contributed by atoms with van der Waals surface area (Å²) < 4.78 is 0. The normalized spacial score (nSPS) is 24.8. The molecular weight excluding hydrogens is 192 g/mol. The highest BCUT2D eigenvalue weighted by Gasteiger charge is 2.38. The van der Waals surface area contributed by atoms with E-state index in [0.717, 1.165) is 30.6 Å². The highest BCUT2D eigenvalue weighted by Crippen LogP contribution is 2.46. The molecule has 0 amide bonds. The summed E-state index contributed by atoms with van der Waals surface area (Å²) in [6.45, 7) is 4.59. The predicted octanol–water partition coefficient (Wildman–Crippen LogP) is 3.54. The number of thiophene rings is 1. The van der Waals surface area contributed by atoms with Crippen LogP contribution < -0.4 is 0 Å². The smallest absolute Gasteiger partial charge is 0.0988 e. The molecule has 14 heavy (non-hydrogen) atoms. The van der Waals surface area contributed by atoms with Crippen molar-refractivity contribution in [1.29, 1.82) is 0 Å². The summed E-state index contributed by atoms with van der Waals surface area (Å²) in [5.41, 5.74) is -0.104. The van der Waals surface area contributed by atoms with E-state index in [1.165, 1.54) is 0 Å². The molecule has 1 aliphatic carbocycles. The van der Waals surface area contributed by atoms with Crippen molar-refractivity contribution in [2.24, 2.45) is 5.41 Å². The lowest BCUT2D eigenvalue weighted by Gasteiger charge is -2.39. The Kier molecular flexibility index (Phi) is 2.44. The van der Waals surface area contributed by atoms with E-state index in [0.29, 0.717) is 5.41 Å². The van der Waals surface area contributed by atoms with Crippen LogP contribution in [0.15, 0.2) is 17.5 Å². The summed E-state index contributed by atoms with van der Waals surface area (Å²) in [6, 6.07) is 4.08. The van der Waals surface area contributed by atoms with Crippen molar-refractivity contribution >= 4 is 11.3 Å². The Morgan fingerprint density at radius 1 is 1.21 bits per heavy atom. The van der Waals surface area contributed by atoms with Crippen LogP contribution in [0, 0.1) is 5.41 Å². The van der Waals surface area contributed by atoms with Crippen LogP contribution in [0.1, 0.15) is 44.4 Å². The van der Waals surface area contributed by atoms with Crippen molar-refractivity contribution in [3.8, 4) is 0 Å². The standard InChI is InChI=1S/C12H18OS/c1-11(2)5-7-12(13,8-6-11)10-4-3-9-14-10/h3-4,9,13H,5-8H2,1-2H3. The average molecular weight is 210 g/mol. The average Bonchev–Trinajstić information content (AvgIpc) is 2.64. The third-order valence-electron chi connectivity index (χ3n) is 3.41. The molecular formula is C12H18OS. The first-order chi connectivity index (χ1) is 6.52. The lowest BCUT2D eigenvalue weighted by Crippen LogP contribution is -2.33. The summed E-state index contributed by atoms with van der Waals surface area (Å²) in [5, 5.41) is 12.5. The number of hydrogen-bond donors (Lipinski definition) is 1. The fraction of sp³-hybridized carbons (Fsp3) is 0.667. The van der Waals surface area contributed by atoms with E-state index in [-0.39, 0.29) is 0 Å². The number of hydrogen-bond acceptors (Lipinski definition) is 2. The molecule has 1 saturated carbocycles. The first kappa shape index (κ1) is 10.2. The van der Waals surface area contributed by atoms with Crippen LogP contribution in [0.4, 0.5) is 0 Å². The minimum absolute atomic E-state index is 0.420. The molecule has 1 fully saturated rings. The second kappa shape index (κ2) is 3.35. The van der Waals surface area contributed by atoms with Gasteiger partial charge in [0.1, 0.15) is 0 Å². The molecule has 0 saturated heterocycles. The van der Waals surface area contributed by atoms with Gasteiger partial charge in [0.15, 0.2) is 0 Å². The van der Waals surface area contributed by atoms with Crippen LogP contribution in [0.2, 0.25) is 0 Å². The van der Waals surface area contributed by atoms with Gasteiger partial charge in [-0.2, -0.15) is 0 Å². The van der Waals surface area contributed by atoms with Gasteiger partial charge in [-0.05, 0) is 42.5 Å². The zero-order valence-corrected chi connectivity index (χ0v) is 9.73. The molecule has 2 heteroatoms. The van der Waals surface area contributed by atoms with Crippen LogP contribution in [-0.2, 0) is 5.60 Å². The van der Waals surface area contributed by atoms with Crippen molar-refractivity contribution in [1.82, 2.24) is 0 Å². The minimum atomic E-state index is -0.524. The lowest BCUT2D eigenvalue weighted by molar-refractivity contribution is -0.0275. The molecule has 2 rings (SSSR count). The number of rotatable bonds is 1. The molecule has 0 aromatic carbocycles. The minimum Gasteiger partial charge on any atom is -0.384 e. The molecule has 0 unspecified atom stereocenters. The van der Waals surface area contributed by atoms with E-state index in [4.69, 9.17) is 0 Å². The van der Waals surface area contributed by atoms with Gasteiger partial charge < -0.3 is 5.11 Å². The van der Waals surface area contributed by atoms with Crippen LogP contribution in [0.3, 0.4) is 0 Å². The lowest BCUT2D eigenvalue weighted by atomic mass is 9.70. The monoisotopic (exact) mass is 210 g/mol. The Morgan fingerprint density at radius 3 is 2.36 bits per heavy atom. The van der Waals surface area contributed by atoms with Gasteiger partial charge in [0.05, 0.1) is 5.60 Å². The second-order valence-electron chi connectivity index (χ2n) is 5.17. The van der Waals surface area contributed by atoms with E-state index >= 15 is 0 Å². The van der Waals surface area contributed by atoms with Gasteiger partial charge in [-0.3, -0.25) is 0 Å². The molecule has 1 aromatic heterocycles. The molecule has 1 aromatic rings. The van der Waals surface area contributed by atoms with Crippen molar-refractivity contribution in [3.63, 3.8) is 0 Å².